The summed E-state index contributed by atoms with van der Waals surface area (Å²) in [6, 6.07) is 15.1. The molecule has 5 rings (SSSR count). The number of aryl methyl sites for hydroxylation is 1. The SMILES string of the molecule is COc1cccc(C23CCN(C)CC2Cc2c(n(C)c4c(Cl)cccc24)C3)c1. The fraction of sp³-hybridized carbons (Fsp3) is 0.417. The molecule has 4 heteroatoms. The second kappa shape index (κ2) is 6.53. The van der Waals surface area contributed by atoms with Crippen molar-refractivity contribution in [2.24, 2.45) is 13.0 Å². The van der Waals surface area contributed by atoms with Crippen LogP contribution in [-0.4, -0.2) is 36.7 Å². The largest absolute Gasteiger partial charge is 0.497 e. The molecule has 1 aliphatic carbocycles. The summed E-state index contributed by atoms with van der Waals surface area (Å²) in [5.74, 6) is 1.55. The first-order valence-corrected chi connectivity index (χ1v) is 10.5. The van der Waals surface area contributed by atoms with Crippen molar-refractivity contribution < 1.29 is 4.74 Å². The minimum absolute atomic E-state index is 0.155. The van der Waals surface area contributed by atoms with Crippen molar-refractivity contribution in [2.45, 2.75) is 24.7 Å². The van der Waals surface area contributed by atoms with Gasteiger partial charge in [-0.25, -0.2) is 0 Å². The molecule has 2 aromatic carbocycles. The lowest BCUT2D eigenvalue weighted by Gasteiger charge is -2.50. The molecular weight excluding hydrogens is 368 g/mol. The highest BCUT2D eigenvalue weighted by Crippen LogP contribution is 2.50. The average molecular weight is 395 g/mol. The molecule has 2 aliphatic rings. The van der Waals surface area contributed by atoms with Gasteiger partial charge < -0.3 is 14.2 Å². The Morgan fingerprint density at radius 2 is 1.96 bits per heavy atom. The Hall–Kier alpha value is -1.97. The highest BCUT2D eigenvalue weighted by Gasteiger charge is 2.48. The van der Waals surface area contributed by atoms with Gasteiger partial charge in [0.15, 0.2) is 0 Å². The maximum Gasteiger partial charge on any atom is 0.119 e. The van der Waals surface area contributed by atoms with Crippen LogP contribution in [0.2, 0.25) is 5.02 Å². The number of piperidine rings is 1. The molecule has 2 heterocycles. The van der Waals surface area contributed by atoms with Gasteiger partial charge in [-0.1, -0.05) is 35.9 Å². The van der Waals surface area contributed by atoms with Gasteiger partial charge in [-0.3, -0.25) is 0 Å². The lowest BCUT2D eigenvalue weighted by Crippen LogP contribution is -2.53. The van der Waals surface area contributed by atoms with Crippen LogP contribution in [-0.2, 0) is 25.3 Å². The minimum atomic E-state index is 0.155. The Morgan fingerprint density at radius 3 is 2.79 bits per heavy atom. The van der Waals surface area contributed by atoms with Crippen LogP contribution in [0, 0.1) is 5.92 Å². The first kappa shape index (κ1) is 18.1. The summed E-state index contributed by atoms with van der Waals surface area (Å²) in [5.41, 5.74) is 5.71. The van der Waals surface area contributed by atoms with Crippen molar-refractivity contribution >= 4 is 22.5 Å². The van der Waals surface area contributed by atoms with Gasteiger partial charge in [-0.05, 0) is 68.1 Å². The number of benzene rings is 2. The van der Waals surface area contributed by atoms with Gasteiger partial charge in [0.05, 0.1) is 17.6 Å². The predicted molar refractivity (Wildman–Crippen MR) is 116 cm³/mol. The summed E-state index contributed by atoms with van der Waals surface area (Å²) in [5, 5.41) is 2.18. The van der Waals surface area contributed by atoms with Gasteiger partial charge in [0.2, 0.25) is 0 Å². The van der Waals surface area contributed by atoms with E-state index in [0.29, 0.717) is 5.92 Å². The number of ether oxygens (including phenoxy) is 1. The topological polar surface area (TPSA) is 17.4 Å². The Balaban J connectivity index is 1.71. The normalized spacial score (nSPS) is 24.8. The zero-order valence-electron chi connectivity index (χ0n) is 16.8. The lowest BCUT2D eigenvalue weighted by molar-refractivity contribution is 0.0985. The fourth-order valence-corrected chi connectivity index (χ4v) is 6.04. The molecule has 0 spiro atoms. The molecule has 2 unspecified atom stereocenters. The van der Waals surface area contributed by atoms with E-state index in [2.05, 4.69) is 60.0 Å². The summed E-state index contributed by atoms with van der Waals surface area (Å²) in [6.07, 6.45) is 3.35. The molecule has 0 saturated carbocycles. The number of nitrogens with zero attached hydrogens (tertiary/aromatic N) is 2. The fourth-order valence-electron chi connectivity index (χ4n) is 5.74. The van der Waals surface area contributed by atoms with Gasteiger partial charge >= 0.3 is 0 Å². The van der Waals surface area contributed by atoms with E-state index in [1.807, 2.05) is 6.07 Å². The molecule has 3 nitrogen and oxygen atoms in total. The van der Waals surface area contributed by atoms with Gasteiger partial charge in [0.1, 0.15) is 5.75 Å². The number of hydrogen-bond donors (Lipinski definition) is 0. The average Bonchev–Trinajstić information content (AvgIpc) is 2.99. The second-order valence-electron chi connectivity index (χ2n) is 8.60. The molecular formula is C24H27ClN2O. The Morgan fingerprint density at radius 1 is 1.14 bits per heavy atom. The number of aromatic nitrogens is 1. The second-order valence-corrected chi connectivity index (χ2v) is 9.01. The van der Waals surface area contributed by atoms with Gasteiger partial charge in [0, 0.05) is 30.1 Å². The van der Waals surface area contributed by atoms with Crippen LogP contribution in [0.25, 0.3) is 10.9 Å². The predicted octanol–water partition coefficient (Wildman–Crippen LogP) is 4.83. The molecule has 0 amide bonds. The molecule has 1 saturated heterocycles. The van der Waals surface area contributed by atoms with Crippen molar-refractivity contribution in [3.63, 3.8) is 0 Å². The van der Waals surface area contributed by atoms with E-state index in [1.54, 1.807) is 7.11 Å². The van der Waals surface area contributed by atoms with Crippen LogP contribution in [0.3, 0.4) is 0 Å². The lowest BCUT2D eigenvalue weighted by atomic mass is 9.59. The third-order valence-corrected chi connectivity index (χ3v) is 7.54. The Bertz CT molecular complexity index is 1060. The highest BCUT2D eigenvalue weighted by atomic mass is 35.5. The number of likely N-dealkylation sites (tertiary alicyclic amines) is 1. The molecule has 1 aromatic heterocycles. The number of halogens is 1. The van der Waals surface area contributed by atoms with E-state index in [9.17, 15) is 0 Å². The molecule has 2 atom stereocenters. The van der Waals surface area contributed by atoms with Crippen molar-refractivity contribution in [3.8, 4) is 5.75 Å². The first-order valence-electron chi connectivity index (χ1n) is 10.1. The van der Waals surface area contributed by atoms with Gasteiger partial charge in [-0.15, -0.1) is 0 Å². The number of rotatable bonds is 2. The van der Waals surface area contributed by atoms with Crippen LogP contribution in [0.1, 0.15) is 23.2 Å². The van der Waals surface area contributed by atoms with Gasteiger partial charge in [-0.2, -0.15) is 0 Å². The van der Waals surface area contributed by atoms with Crippen molar-refractivity contribution in [1.29, 1.82) is 0 Å². The standard InChI is InChI=1S/C24H27ClN2O/c1-26-11-10-24(16-6-4-7-18(12-16)28-3)14-22-20(13-17(24)15-26)19-8-5-9-21(25)23(19)27(22)2/h4-9,12,17H,10-11,13-15H2,1-3H3. The molecule has 146 valence electrons. The zero-order chi connectivity index (χ0) is 19.5. The maximum absolute atomic E-state index is 6.60. The summed E-state index contributed by atoms with van der Waals surface area (Å²) in [4.78, 5) is 2.49. The molecule has 1 fully saturated rings. The van der Waals surface area contributed by atoms with Crippen LogP contribution in [0.5, 0.6) is 5.75 Å². The van der Waals surface area contributed by atoms with Crippen molar-refractivity contribution in [3.05, 3.63) is 64.3 Å². The molecule has 0 radical (unpaired) electrons. The number of para-hydroxylation sites is 1. The van der Waals surface area contributed by atoms with Crippen LogP contribution in [0.4, 0.5) is 0 Å². The quantitative estimate of drug-likeness (QED) is 0.619. The summed E-state index contributed by atoms with van der Waals surface area (Å²) >= 11 is 6.60. The van der Waals surface area contributed by atoms with Crippen LogP contribution >= 0.6 is 11.6 Å². The Kier molecular flexibility index (Phi) is 4.22. The van der Waals surface area contributed by atoms with E-state index >= 15 is 0 Å². The smallest absolute Gasteiger partial charge is 0.119 e. The number of methoxy groups -OCH3 is 1. The molecule has 28 heavy (non-hydrogen) atoms. The van der Waals surface area contributed by atoms with E-state index in [4.69, 9.17) is 16.3 Å². The third-order valence-electron chi connectivity index (χ3n) is 7.23. The number of hydrogen-bond acceptors (Lipinski definition) is 2. The highest BCUT2D eigenvalue weighted by molar-refractivity contribution is 6.35. The van der Waals surface area contributed by atoms with Crippen molar-refractivity contribution in [2.75, 3.05) is 27.2 Å². The summed E-state index contributed by atoms with van der Waals surface area (Å²) in [7, 11) is 6.19. The van der Waals surface area contributed by atoms with E-state index < -0.39 is 0 Å². The molecule has 0 bridgehead atoms. The van der Waals surface area contributed by atoms with Crippen LogP contribution in [0.15, 0.2) is 42.5 Å². The van der Waals surface area contributed by atoms with E-state index in [1.165, 1.54) is 34.1 Å². The third kappa shape index (κ3) is 2.53. The van der Waals surface area contributed by atoms with E-state index in [0.717, 1.165) is 36.7 Å². The van der Waals surface area contributed by atoms with Gasteiger partial charge in [0.25, 0.3) is 0 Å². The summed E-state index contributed by atoms with van der Waals surface area (Å²) in [6.45, 7) is 2.27. The first-order chi connectivity index (χ1) is 13.5. The Labute approximate surface area is 171 Å². The minimum Gasteiger partial charge on any atom is -0.497 e. The number of fused-ring (bicyclic) bond motifs is 4. The zero-order valence-corrected chi connectivity index (χ0v) is 17.6. The van der Waals surface area contributed by atoms with Crippen LogP contribution < -0.4 is 4.74 Å². The van der Waals surface area contributed by atoms with Crippen molar-refractivity contribution in [1.82, 2.24) is 9.47 Å². The molecule has 1 aliphatic heterocycles. The maximum atomic E-state index is 6.60. The summed E-state index contributed by atoms with van der Waals surface area (Å²) < 4.78 is 7.92. The molecule has 0 N–H and O–H groups in total. The monoisotopic (exact) mass is 394 g/mol. The molecule has 3 aromatic rings. The van der Waals surface area contributed by atoms with E-state index in [-0.39, 0.29) is 5.41 Å².